The Balaban J connectivity index is 1.72. The van der Waals surface area contributed by atoms with E-state index in [1.54, 1.807) is 12.1 Å². The Morgan fingerprint density at radius 2 is 1.93 bits per heavy atom. The number of aromatic carboxylic acids is 1. The van der Waals surface area contributed by atoms with Gasteiger partial charge in [-0.3, -0.25) is 14.9 Å². The van der Waals surface area contributed by atoms with Crippen molar-refractivity contribution >= 4 is 35.4 Å². The van der Waals surface area contributed by atoms with Gasteiger partial charge in [0.1, 0.15) is 11.5 Å². The molecule has 3 rings (SSSR count). The molecule has 1 aromatic heterocycles. The van der Waals surface area contributed by atoms with Gasteiger partial charge < -0.3 is 9.52 Å². The van der Waals surface area contributed by atoms with E-state index in [-0.39, 0.29) is 22.6 Å². The number of non-ortho nitro benzene ring substituents is 1. The van der Waals surface area contributed by atoms with E-state index >= 15 is 0 Å². The van der Waals surface area contributed by atoms with Gasteiger partial charge in [-0.05, 0) is 36.4 Å². The van der Waals surface area contributed by atoms with Crippen LogP contribution in [0.25, 0.3) is 11.3 Å². The monoisotopic (exact) mass is 413 g/mol. The summed E-state index contributed by atoms with van der Waals surface area (Å²) in [7, 11) is 0. The van der Waals surface area contributed by atoms with Crippen LogP contribution in [0.3, 0.4) is 0 Å². The molecule has 1 heterocycles. The number of amides is 1. The van der Waals surface area contributed by atoms with Gasteiger partial charge >= 0.3 is 5.97 Å². The predicted molar refractivity (Wildman–Crippen MR) is 104 cm³/mol. The third-order valence-corrected chi connectivity index (χ3v) is 4.11. The Bertz CT molecular complexity index is 1140. The lowest BCUT2D eigenvalue weighted by atomic mass is 10.1. The van der Waals surface area contributed by atoms with E-state index in [1.807, 2.05) is 0 Å². The van der Waals surface area contributed by atoms with Gasteiger partial charge in [-0.2, -0.15) is 5.10 Å². The average molecular weight is 414 g/mol. The Morgan fingerprint density at radius 1 is 1.14 bits per heavy atom. The predicted octanol–water partition coefficient (Wildman–Crippen LogP) is 3.97. The van der Waals surface area contributed by atoms with Crippen LogP contribution in [0.5, 0.6) is 0 Å². The lowest BCUT2D eigenvalue weighted by molar-refractivity contribution is -0.384. The molecule has 0 aliphatic heterocycles. The van der Waals surface area contributed by atoms with Crippen LogP contribution < -0.4 is 5.43 Å². The van der Waals surface area contributed by atoms with E-state index in [0.717, 1.165) is 6.07 Å². The topological polar surface area (TPSA) is 135 Å². The first-order valence-corrected chi connectivity index (χ1v) is 8.44. The molecule has 146 valence electrons. The summed E-state index contributed by atoms with van der Waals surface area (Å²) < 4.78 is 5.56. The number of halogens is 1. The minimum Gasteiger partial charge on any atom is -0.478 e. The molecule has 10 heteroatoms. The summed E-state index contributed by atoms with van der Waals surface area (Å²) in [6, 6.07) is 12.6. The van der Waals surface area contributed by atoms with Crippen molar-refractivity contribution in [2.45, 2.75) is 0 Å². The highest BCUT2D eigenvalue weighted by molar-refractivity contribution is 6.33. The Hall–Kier alpha value is -3.98. The molecule has 0 bridgehead atoms. The molecule has 3 aromatic rings. The molecule has 0 aliphatic rings. The highest BCUT2D eigenvalue weighted by Crippen LogP contribution is 2.30. The maximum Gasteiger partial charge on any atom is 0.335 e. The van der Waals surface area contributed by atoms with Gasteiger partial charge in [-0.15, -0.1) is 0 Å². The zero-order valence-electron chi connectivity index (χ0n) is 14.5. The standard InChI is InChI=1S/C19H12ClN3O6/c20-16-6-4-12(19(25)26)9-15(16)17-7-5-14(29-17)10-21-22-18(24)11-2-1-3-13(8-11)23(27)28/h1-10H,(H,22,24)(H,25,26). The molecule has 2 aromatic carbocycles. The van der Waals surface area contributed by atoms with Gasteiger partial charge in [0.15, 0.2) is 0 Å². The number of hydrazone groups is 1. The molecular weight excluding hydrogens is 402 g/mol. The molecule has 0 saturated carbocycles. The summed E-state index contributed by atoms with van der Waals surface area (Å²) in [6.07, 6.45) is 1.23. The van der Waals surface area contributed by atoms with Crippen molar-refractivity contribution < 1.29 is 24.0 Å². The number of rotatable bonds is 6. The summed E-state index contributed by atoms with van der Waals surface area (Å²) in [4.78, 5) is 33.3. The summed E-state index contributed by atoms with van der Waals surface area (Å²) in [5.74, 6) is -1.13. The van der Waals surface area contributed by atoms with Gasteiger partial charge in [-0.25, -0.2) is 10.2 Å². The second-order valence-electron chi connectivity index (χ2n) is 5.71. The fourth-order valence-electron chi connectivity index (χ4n) is 2.39. The van der Waals surface area contributed by atoms with Crippen LogP contribution in [0.1, 0.15) is 26.5 Å². The minimum absolute atomic E-state index is 0.0558. The normalized spacial score (nSPS) is 10.8. The molecule has 9 nitrogen and oxygen atoms in total. The zero-order valence-corrected chi connectivity index (χ0v) is 15.3. The van der Waals surface area contributed by atoms with Gasteiger partial charge in [0.2, 0.25) is 0 Å². The lowest BCUT2D eigenvalue weighted by Crippen LogP contribution is -2.17. The van der Waals surface area contributed by atoms with E-state index in [9.17, 15) is 19.7 Å². The molecule has 1 amide bonds. The van der Waals surface area contributed by atoms with E-state index < -0.39 is 16.8 Å². The van der Waals surface area contributed by atoms with Crippen LogP contribution in [0.15, 0.2) is 64.1 Å². The van der Waals surface area contributed by atoms with Crippen LogP contribution in [-0.2, 0) is 0 Å². The number of hydrogen-bond acceptors (Lipinski definition) is 6. The maximum atomic E-state index is 12.0. The van der Waals surface area contributed by atoms with Crippen LogP contribution in [0.2, 0.25) is 5.02 Å². The van der Waals surface area contributed by atoms with Crippen molar-refractivity contribution in [2.24, 2.45) is 5.10 Å². The lowest BCUT2D eigenvalue weighted by Gasteiger charge is -2.02. The van der Waals surface area contributed by atoms with Crippen LogP contribution in [0, 0.1) is 10.1 Å². The van der Waals surface area contributed by atoms with Crippen molar-refractivity contribution in [2.75, 3.05) is 0 Å². The van der Waals surface area contributed by atoms with Crippen molar-refractivity contribution in [1.29, 1.82) is 0 Å². The van der Waals surface area contributed by atoms with Gasteiger partial charge in [0, 0.05) is 23.3 Å². The highest BCUT2D eigenvalue weighted by Gasteiger charge is 2.13. The fraction of sp³-hybridized carbons (Fsp3) is 0. The number of carboxylic acids is 1. The number of nitro groups is 1. The quantitative estimate of drug-likeness (QED) is 0.356. The number of carboxylic acid groups (broad SMARTS) is 1. The van der Waals surface area contributed by atoms with E-state index in [2.05, 4.69) is 10.5 Å². The molecule has 0 radical (unpaired) electrons. The molecule has 2 N–H and O–H groups in total. The van der Waals surface area contributed by atoms with Gasteiger partial charge in [0.25, 0.3) is 11.6 Å². The maximum absolute atomic E-state index is 12.0. The summed E-state index contributed by atoms with van der Waals surface area (Å²) in [5.41, 5.74) is 2.56. The van der Waals surface area contributed by atoms with E-state index in [1.165, 1.54) is 42.6 Å². The number of nitrogens with one attached hydrogen (secondary N) is 1. The number of furan rings is 1. The molecule has 0 atom stereocenters. The highest BCUT2D eigenvalue weighted by atomic mass is 35.5. The fourth-order valence-corrected chi connectivity index (χ4v) is 2.60. The summed E-state index contributed by atoms with van der Waals surface area (Å²) in [6.45, 7) is 0. The van der Waals surface area contributed by atoms with Crippen LogP contribution in [-0.4, -0.2) is 28.1 Å². The van der Waals surface area contributed by atoms with Crippen molar-refractivity contribution in [3.63, 3.8) is 0 Å². The van der Waals surface area contributed by atoms with Crippen molar-refractivity contribution in [3.05, 3.63) is 86.6 Å². The smallest absolute Gasteiger partial charge is 0.335 e. The second-order valence-corrected chi connectivity index (χ2v) is 6.12. The van der Waals surface area contributed by atoms with E-state index in [4.69, 9.17) is 21.1 Å². The first kappa shape index (κ1) is 19.8. The van der Waals surface area contributed by atoms with E-state index in [0.29, 0.717) is 16.3 Å². The zero-order chi connectivity index (χ0) is 21.0. The number of nitrogens with zero attached hydrogens (tertiary/aromatic N) is 2. The van der Waals surface area contributed by atoms with Crippen molar-refractivity contribution in [1.82, 2.24) is 5.43 Å². The Kier molecular flexibility index (Phi) is 5.70. The Morgan fingerprint density at radius 3 is 2.66 bits per heavy atom. The molecule has 0 fully saturated rings. The Labute approximate surface area is 168 Å². The third-order valence-electron chi connectivity index (χ3n) is 3.78. The van der Waals surface area contributed by atoms with Gasteiger partial charge in [0.05, 0.1) is 21.7 Å². The SMILES string of the molecule is O=C(O)c1ccc(Cl)c(-c2ccc(C=NNC(=O)c3cccc([N+](=O)[O-])c3)o2)c1. The molecule has 29 heavy (non-hydrogen) atoms. The summed E-state index contributed by atoms with van der Waals surface area (Å²) >= 11 is 6.10. The molecule has 0 saturated heterocycles. The molecular formula is C19H12ClN3O6. The number of carbonyl (C=O) groups is 2. The minimum atomic E-state index is -1.10. The first-order valence-electron chi connectivity index (χ1n) is 8.06. The third kappa shape index (κ3) is 4.66. The molecule has 0 spiro atoms. The second kappa shape index (κ2) is 8.36. The van der Waals surface area contributed by atoms with Crippen molar-refractivity contribution in [3.8, 4) is 11.3 Å². The van der Waals surface area contributed by atoms with Crippen LogP contribution in [0.4, 0.5) is 5.69 Å². The largest absolute Gasteiger partial charge is 0.478 e. The number of carbonyl (C=O) groups excluding carboxylic acids is 1. The van der Waals surface area contributed by atoms with Crippen LogP contribution >= 0.6 is 11.6 Å². The molecule has 0 unspecified atom stereocenters. The molecule has 0 aliphatic carbocycles. The van der Waals surface area contributed by atoms with Gasteiger partial charge in [-0.1, -0.05) is 17.7 Å². The number of nitro benzene ring substituents is 1. The summed E-state index contributed by atoms with van der Waals surface area (Å²) in [5, 5.41) is 23.9. The number of benzene rings is 2. The number of hydrogen-bond donors (Lipinski definition) is 2. The average Bonchev–Trinajstić information content (AvgIpc) is 3.16. The first-order chi connectivity index (χ1) is 13.8.